The molecule has 4 aromatic carbocycles. The van der Waals surface area contributed by atoms with Gasteiger partial charge in [-0.25, -0.2) is 8.42 Å². The molecule has 0 spiro atoms. The summed E-state index contributed by atoms with van der Waals surface area (Å²) in [6.45, 7) is 0.443. The van der Waals surface area contributed by atoms with Gasteiger partial charge in [0, 0.05) is 34.9 Å². The molecule has 1 aromatic heterocycles. The number of benzene rings is 4. The Morgan fingerprint density at radius 2 is 1.21 bits per heavy atom. The molecule has 1 heterocycles. The largest absolute Gasteiger partial charge is 0.390 e. The second-order valence-electron chi connectivity index (χ2n) is 8.39. The van der Waals surface area contributed by atoms with Crippen LogP contribution in [0.25, 0.3) is 21.8 Å². The Morgan fingerprint density at radius 3 is 1.79 bits per heavy atom. The fraction of sp³-hybridized carbons (Fsp3) is 0.143. The molecule has 6 heteroatoms. The SMILES string of the molecule is O=S(=O)(c1ccccc1)N(Cc1ccccc1)CC(O)Cn1c2ccccc2c2ccccc21. The van der Waals surface area contributed by atoms with E-state index in [1.807, 2.05) is 66.7 Å². The first kappa shape index (κ1) is 22.3. The van der Waals surface area contributed by atoms with Gasteiger partial charge in [-0.3, -0.25) is 0 Å². The number of para-hydroxylation sites is 2. The van der Waals surface area contributed by atoms with Crippen molar-refractivity contribution in [2.75, 3.05) is 6.54 Å². The molecule has 5 rings (SSSR count). The highest BCUT2D eigenvalue weighted by Gasteiger charge is 2.27. The summed E-state index contributed by atoms with van der Waals surface area (Å²) >= 11 is 0. The standard InChI is InChI=1S/C28H26N2O3S/c31-23(21-30-27-17-9-7-15-25(27)26-16-8-10-18-28(26)30)20-29(19-22-11-3-1-4-12-22)34(32,33)24-13-5-2-6-14-24/h1-18,23,31H,19-21H2. The van der Waals surface area contributed by atoms with Crippen LogP contribution < -0.4 is 0 Å². The molecule has 1 N–H and O–H groups in total. The Hall–Kier alpha value is -3.45. The average molecular weight is 471 g/mol. The highest BCUT2D eigenvalue weighted by Crippen LogP contribution is 2.29. The van der Waals surface area contributed by atoms with Crippen LogP contribution in [-0.4, -0.2) is 35.0 Å². The molecule has 1 atom stereocenters. The van der Waals surface area contributed by atoms with Gasteiger partial charge < -0.3 is 9.67 Å². The average Bonchev–Trinajstić information content (AvgIpc) is 3.18. The molecule has 0 fully saturated rings. The van der Waals surface area contributed by atoms with Crippen molar-refractivity contribution >= 4 is 31.8 Å². The van der Waals surface area contributed by atoms with E-state index in [1.165, 1.54) is 4.31 Å². The first-order chi connectivity index (χ1) is 16.5. The van der Waals surface area contributed by atoms with Crippen LogP contribution in [0.5, 0.6) is 0 Å². The zero-order valence-electron chi connectivity index (χ0n) is 18.7. The van der Waals surface area contributed by atoms with Gasteiger partial charge in [0.05, 0.1) is 17.5 Å². The topological polar surface area (TPSA) is 62.5 Å². The van der Waals surface area contributed by atoms with E-state index in [1.54, 1.807) is 30.3 Å². The Morgan fingerprint density at radius 1 is 0.706 bits per heavy atom. The third kappa shape index (κ3) is 4.35. The second-order valence-corrected chi connectivity index (χ2v) is 10.3. The monoisotopic (exact) mass is 470 g/mol. The third-order valence-corrected chi connectivity index (χ3v) is 7.90. The van der Waals surface area contributed by atoms with Gasteiger partial charge in [0.25, 0.3) is 0 Å². The van der Waals surface area contributed by atoms with Crippen molar-refractivity contribution in [3.8, 4) is 0 Å². The molecule has 0 saturated heterocycles. The number of fused-ring (bicyclic) bond motifs is 3. The molecule has 0 aliphatic heterocycles. The fourth-order valence-corrected chi connectivity index (χ4v) is 5.97. The van der Waals surface area contributed by atoms with Gasteiger partial charge in [0.1, 0.15) is 0 Å². The maximum Gasteiger partial charge on any atom is 0.243 e. The van der Waals surface area contributed by atoms with Crippen molar-refractivity contribution in [2.24, 2.45) is 0 Å². The molecule has 0 amide bonds. The van der Waals surface area contributed by atoms with E-state index >= 15 is 0 Å². The number of aliphatic hydroxyl groups excluding tert-OH is 1. The van der Waals surface area contributed by atoms with E-state index in [0.717, 1.165) is 27.4 Å². The normalized spacial score (nSPS) is 13.0. The highest BCUT2D eigenvalue weighted by molar-refractivity contribution is 7.89. The van der Waals surface area contributed by atoms with Crippen molar-refractivity contribution in [3.05, 3.63) is 115 Å². The molecule has 5 aromatic rings. The summed E-state index contributed by atoms with van der Waals surface area (Å²) in [6.07, 6.45) is -0.901. The van der Waals surface area contributed by atoms with E-state index in [-0.39, 0.29) is 24.5 Å². The van der Waals surface area contributed by atoms with Crippen molar-refractivity contribution in [2.45, 2.75) is 24.1 Å². The van der Waals surface area contributed by atoms with Gasteiger partial charge in [-0.05, 0) is 29.8 Å². The van der Waals surface area contributed by atoms with Crippen LogP contribution in [-0.2, 0) is 23.1 Å². The molecule has 5 nitrogen and oxygen atoms in total. The number of rotatable bonds is 8. The van der Waals surface area contributed by atoms with Crippen LogP contribution in [0.4, 0.5) is 0 Å². The van der Waals surface area contributed by atoms with Crippen LogP contribution in [0.1, 0.15) is 5.56 Å². The van der Waals surface area contributed by atoms with Gasteiger partial charge in [-0.15, -0.1) is 0 Å². The lowest BCUT2D eigenvalue weighted by Gasteiger charge is -2.25. The lowest BCUT2D eigenvalue weighted by atomic mass is 10.2. The van der Waals surface area contributed by atoms with E-state index in [9.17, 15) is 13.5 Å². The minimum Gasteiger partial charge on any atom is -0.390 e. The molecule has 0 saturated carbocycles. The molecule has 0 aliphatic carbocycles. The lowest BCUT2D eigenvalue weighted by molar-refractivity contribution is 0.128. The predicted molar refractivity (Wildman–Crippen MR) is 136 cm³/mol. The van der Waals surface area contributed by atoms with Crippen LogP contribution in [0.15, 0.2) is 114 Å². The molecule has 0 aliphatic rings. The summed E-state index contributed by atoms with van der Waals surface area (Å²) in [6, 6.07) is 34.0. The van der Waals surface area contributed by atoms with Crippen LogP contribution in [0.2, 0.25) is 0 Å². The Balaban J connectivity index is 1.48. The molecule has 1 unspecified atom stereocenters. The summed E-state index contributed by atoms with van der Waals surface area (Å²) in [7, 11) is -3.79. The molecule has 34 heavy (non-hydrogen) atoms. The van der Waals surface area contributed by atoms with Crippen molar-refractivity contribution in [1.82, 2.24) is 8.87 Å². The van der Waals surface area contributed by atoms with Gasteiger partial charge in [-0.2, -0.15) is 4.31 Å². The fourth-order valence-electron chi connectivity index (χ4n) is 4.48. The van der Waals surface area contributed by atoms with Crippen LogP contribution >= 0.6 is 0 Å². The first-order valence-corrected chi connectivity index (χ1v) is 12.7. The van der Waals surface area contributed by atoms with Crippen LogP contribution in [0.3, 0.4) is 0 Å². The zero-order chi connectivity index (χ0) is 23.5. The van der Waals surface area contributed by atoms with E-state index in [4.69, 9.17) is 0 Å². The number of nitrogens with zero attached hydrogens (tertiary/aromatic N) is 2. The van der Waals surface area contributed by atoms with Crippen molar-refractivity contribution in [3.63, 3.8) is 0 Å². The summed E-state index contributed by atoms with van der Waals surface area (Å²) in [5, 5.41) is 13.4. The molecule has 172 valence electrons. The smallest absolute Gasteiger partial charge is 0.243 e. The predicted octanol–water partition coefficient (Wildman–Crippen LogP) is 5.05. The van der Waals surface area contributed by atoms with E-state index in [2.05, 4.69) is 16.7 Å². The number of aliphatic hydroxyl groups is 1. The number of sulfonamides is 1. The third-order valence-electron chi connectivity index (χ3n) is 6.07. The Bertz CT molecular complexity index is 1460. The summed E-state index contributed by atoms with van der Waals surface area (Å²) < 4.78 is 30.5. The minimum atomic E-state index is -3.79. The summed E-state index contributed by atoms with van der Waals surface area (Å²) in [5.74, 6) is 0. The second kappa shape index (κ2) is 9.43. The van der Waals surface area contributed by atoms with Gasteiger partial charge in [0.2, 0.25) is 10.0 Å². The van der Waals surface area contributed by atoms with Crippen molar-refractivity contribution < 1.29 is 13.5 Å². The summed E-state index contributed by atoms with van der Waals surface area (Å²) in [5.41, 5.74) is 2.90. The van der Waals surface area contributed by atoms with Gasteiger partial charge >= 0.3 is 0 Å². The van der Waals surface area contributed by atoms with Crippen molar-refractivity contribution in [1.29, 1.82) is 0 Å². The first-order valence-electron chi connectivity index (χ1n) is 11.3. The van der Waals surface area contributed by atoms with E-state index < -0.39 is 16.1 Å². The molecule has 0 radical (unpaired) electrons. The maximum atomic E-state index is 13.5. The van der Waals surface area contributed by atoms with Gasteiger partial charge in [0.15, 0.2) is 0 Å². The highest BCUT2D eigenvalue weighted by atomic mass is 32.2. The van der Waals surface area contributed by atoms with E-state index in [0.29, 0.717) is 0 Å². The molecule has 0 bridgehead atoms. The minimum absolute atomic E-state index is 0.0209. The molecular formula is C28H26N2O3S. The number of hydrogen-bond acceptors (Lipinski definition) is 3. The zero-order valence-corrected chi connectivity index (χ0v) is 19.5. The van der Waals surface area contributed by atoms with Crippen LogP contribution in [0, 0.1) is 0 Å². The number of hydrogen-bond donors (Lipinski definition) is 1. The van der Waals surface area contributed by atoms with Gasteiger partial charge in [-0.1, -0.05) is 84.9 Å². The maximum absolute atomic E-state index is 13.5. The quantitative estimate of drug-likeness (QED) is 0.345. The lowest BCUT2D eigenvalue weighted by Crippen LogP contribution is -2.38. The number of aromatic nitrogens is 1. The Kier molecular flexibility index (Phi) is 6.20. The Labute approximate surface area is 199 Å². The molecular weight excluding hydrogens is 444 g/mol. The summed E-state index contributed by atoms with van der Waals surface area (Å²) in [4.78, 5) is 0.218.